The number of rotatable bonds is 4. The van der Waals surface area contributed by atoms with Crippen molar-refractivity contribution >= 4 is 11.9 Å². The van der Waals surface area contributed by atoms with Gasteiger partial charge in [0.05, 0.1) is 6.42 Å². The third kappa shape index (κ3) is 3.14. The number of halogens is 1. The molecular formula is C14H17FN2O3. The van der Waals surface area contributed by atoms with Crippen molar-refractivity contribution in [2.75, 3.05) is 13.1 Å². The first-order valence-corrected chi connectivity index (χ1v) is 6.49. The number of nitrogens with zero attached hydrogens (tertiary/aromatic N) is 1. The van der Waals surface area contributed by atoms with Crippen molar-refractivity contribution in [1.82, 2.24) is 10.2 Å². The highest BCUT2D eigenvalue weighted by Crippen LogP contribution is 2.25. The summed E-state index contributed by atoms with van der Waals surface area (Å²) in [6.45, 7) is 2.95. The highest BCUT2D eigenvalue weighted by atomic mass is 19.1. The van der Waals surface area contributed by atoms with Crippen LogP contribution in [0, 0.1) is 5.82 Å². The Hall–Kier alpha value is -1.95. The summed E-state index contributed by atoms with van der Waals surface area (Å²) in [5.74, 6) is -1.60. The minimum Gasteiger partial charge on any atom is -0.481 e. The number of amides is 1. The molecule has 0 spiro atoms. The Kier molecular flexibility index (Phi) is 4.34. The number of carbonyl (C=O) groups is 2. The predicted molar refractivity (Wildman–Crippen MR) is 70.6 cm³/mol. The zero-order valence-electron chi connectivity index (χ0n) is 11.2. The summed E-state index contributed by atoms with van der Waals surface area (Å²) in [6, 6.07) is 5.20. The molecule has 2 unspecified atom stereocenters. The van der Waals surface area contributed by atoms with Crippen LogP contribution in [0.1, 0.15) is 24.9 Å². The predicted octanol–water partition coefficient (Wildman–Crippen LogP) is 1.16. The van der Waals surface area contributed by atoms with Crippen LogP contribution in [-0.4, -0.2) is 41.0 Å². The second-order valence-corrected chi connectivity index (χ2v) is 4.87. The maximum Gasteiger partial charge on any atom is 0.305 e. The molecule has 1 heterocycles. The smallest absolute Gasteiger partial charge is 0.305 e. The number of piperazine rings is 1. The lowest BCUT2D eigenvalue weighted by Gasteiger charge is -2.38. The van der Waals surface area contributed by atoms with Crippen molar-refractivity contribution in [3.8, 4) is 0 Å². The average Bonchev–Trinajstić information content (AvgIpc) is 2.41. The SMILES string of the molecule is CC(c1ccc(F)cc1)N1CCNC(=O)C1CC(=O)O. The Bertz CT molecular complexity index is 504. The lowest BCUT2D eigenvalue weighted by molar-refractivity contribution is -0.143. The molecule has 2 rings (SSSR count). The molecule has 20 heavy (non-hydrogen) atoms. The van der Waals surface area contributed by atoms with E-state index in [4.69, 9.17) is 5.11 Å². The minimum absolute atomic E-state index is 0.147. The number of nitrogens with one attached hydrogen (secondary N) is 1. The van der Waals surface area contributed by atoms with Crippen molar-refractivity contribution < 1.29 is 19.1 Å². The molecule has 108 valence electrons. The van der Waals surface area contributed by atoms with Crippen LogP contribution >= 0.6 is 0 Å². The van der Waals surface area contributed by atoms with Gasteiger partial charge in [-0.3, -0.25) is 14.5 Å². The first-order chi connectivity index (χ1) is 9.49. The van der Waals surface area contributed by atoms with E-state index in [0.29, 0.717) is 13.1 Å². The lowest BCUT2D eigenvalue weighted by Crippen LogP contribution is -2.56. The van der Waals surface area contributed by atoms with Gasteiger partial charge in [-0.2, -0.15) is 0 Å². The van der Waals surface area contributed by atoms with Gasteiger partial charge in [-0.25, -0.2) is 4.39 Å². The largest absolute Gasteiger partial charge is 0.481 e. The normalized spacial score (nSPS) is 21.3. The summed E-state index contributed by atoms with van der Waals surface area (Å²) in [7, 11) is 0. The van der Waals surface area contributed by atoms with Gasteiger partial charge >= 0.3 is 5.97 Å². The van der Waals surface area contributed by atoms with E-state index >= 15 is 0 Å². The van der Waals surface area contributed by atoms with Crippen molar-refractivity contribution in [1.29, 1.82) is 0 Å². The molecule has 0 saturated carbocycles. The van der Waals surface area contributed by atoms with Gasteiger partial charge in [0, 0.05) is 19.1 Å². The maximum absolute atomic E-state index is 12.9. The zero-order chi connectivity index (χ0) is 14.7. The molecule has 5 nitrogen and oxygen atoms in total. The van der Waals surface area contributed by atoms with E-state index < -0.39 is 12.0 Å². The van der Waals surface area contributed by atoms with E-state index in [2.05, 4.69) is 5.32 Å². The number of carboxylic acids is 1. The molecule has 0 aromatic heterocycles. The number of benzene rings is 1. The summed E-state index contributed by atoms with van der Waals surface area (Å²) in [6.07, 6.45) is -0.239. The van der Waals surface area contributed by atoms with Gasteiger partial charge in [-0.1, -0.05) is 12.1 Å². The molecule has 1 aliphatic rings. The highest BCUT2D eigenvalue weighted by molar-refractivity contribution is 5.86. The van der Waals surface area contributed by atoms with Crippen molar-refractivity contribution in [2.45, 2.75) is 25.4 Å². The quantitative estimate of drug-likeness (QED) is 0.868. The summed E-state index contributed by atoms with van der Waals surface area (Å²) in [5.41, 5.74) is 0.858. The molecule has 2 N–H and O–H groups in total. The lowest BCUT2D eigenvalue weighted by atomic mass is 10.0. The van der Waals surface area contributed by atoms with E-state index in [9.17, 15) is 14.0 Å². The fourth-order valence-corrected chi connectivity index (χ4v) is 2.50. The van der Waals surface area contributed by atoms with Gasteiger partial charge < -0.3 is 10.4 Å². The second kappa shape index (κ2) is 6.00. The molecule has 0 aliphatic carbocycles. The number of hydrogen-bond acceptors (Lipinski definition) is 3. The minimum atomic E-state index is -1.01. The molecule has 6 heteroatoms. The monoisotopic (exact) mass is 280 g/mol. The Morgan fingerprint density at radius 2 is 2.15 bits per heavy atom. The first-order valence-electron chi connectivity index (χ1n) is 6.49. The van der Waals surface area contributed by atoms with Crippen LogP contribution in [0.15, 0.2) is 24.3 Å². The van der Waals surface area contributed by atoms with Gasteiger partial charge in [-0.15, -0.1) is 0 Å². The standard InChI is InChI=1S/C14H17FN2O3/c1-9(10-2-4-11(15)5-3-10)17-7-6-16-14(20)12(17)8-13(18)19/h2-5,9,12H,6-8H2,1H3,(H,16,20)(H,18,19). The van der Waals surface area contributed by atoms with Crippen molar-refractivity contribution in [3.05, 3.63) is 35.6 Å². The van der Waals surface area contributed by atoms with Crippen molar-refractivity contribution in [3.63, 3.8) is 0 Å². The number of carboxylic acid groups (broad SMARTS) is 1. The average molecular weight is 280 g/mol. The number of aliphatic carboxylic acids is 1. The molecule has 1 aliphatic heterocycles. The van der Waals surface area contributed by atoms with Crippen LogP contribution < -0.4 is 5.32 Å². The summed E-state index contributed by atoms with van der Waals surface area (Å²) < 4.78 is 12.9. The van der Waals surface area contributed by atoms with Crippen molar-refractivity contribution in [2.24, 2.45) is 0 Å². The Morgan fingerprint density at radius 3 is 2.75 bits per heavy atom. The van der Waals surface area contributed by atoms with Crippen LogP contribution in [0.3, 0.4) is 0 Å². The molecule has 1 amide bonds. The Balaban J connectivity index is 2.20. The maximum atomic E-state index is 12.9. The summed E-state index contributed by atoms with van der Waals surface area (Å²) >= 11 is 0. The van der Waals surface area contributed by atoms with E-state index in [1.165, 1.54) is 12.1 Å². The first kappa shape index (κ1) is 14.5. The Labute approximate surface area is 116 Å². The van der Waals surface area contributed by atoms with Gasteiger partial charge in [0.25, 0.3) is 0 Å². The van der Waals surface area contributed by atoms with Gasteiger partial charge in [-0.05, 0) is 24.6 Å². The molecule has 0 radical (unpaired) electrons. The van der Waals surface area contributed by atoms with E-state index in [0.717, 1.165) is 5.56 Å². The van der Waals surface area contributed by atoms with Crippen LogP contribution in [0.25, 0.3) is 0 Å². The highest BCUT2D eigenvalue weighted by Gasteiger charge is 2.34. The van der Waals surface area contributed by atoms with Crippen LogP contribution in [-0.2, 0) is 9.59 Å². The molecule has 0 bridgehead atoms. The third-order valence-electron chi connectivity index (χ3n) is 3.59. The third-order valence-corrected chi connectivity index (χ3v) is 3.59. The molecule has 1 saturated heterocycles. The van der Waals surface area contributed by atoms with E-state index in [1.807, 2.05) is 11.8 Å². The molecular weight excluding hydrogens is 263 g/mol. The molecule has 2 atom stereocenters. The molecule has 1 aromatic carbocycles. The topological polar surface area (TPSA) is 69.6 Å². The second-order valence-electron chi connectivity index (χ2n) is 4.87. The van der Waals surface area contributed by atoms with Crippen LogP contribution in [0.5, 0.6) is 0 Å². The van der Waals surface area contributed by atoms with Gasteiger partial charge in [0.1, 0.15) is 11.9 Å². The number of carbonyl (C=O) groups excluding carboxylic acids is 1. The summed E-state index contributed by atoms with van der Waals surface area (Å²) in [5, 5.41) is 11.6. The van der Waals surface area contributed by atoms with Gasteiger partial charge in [0.2, 0.25) is 5.91 Å². The summed E-state index contributed by atoms with van der Waals surface area (Å²) in [4.78, 5) is 24.6. The molecule has 1 aromatic rings. The van der Waals surface area contributed by atoms with Crippen LogP contribution in [0.2, 0.25) is 0 Å². The number of hydrogen-bond donors (Lipinski definition) is 2. The van der Waals surface area contributed by atoms with Gasteiger partial charge in [0.15, 0.2) is 0 Å². The van der Waals surface area contributed by atoms with Crippen LogP contribution in [0.4, 0.5) is 4.39 Å². The fourth-order valence-electron chi connectivity index (χ4n) is 2.50. The molecule has 1 fully saturated rings. The van der Waals surface area contributed by atoms with E-state index in [1.54, 1.807) is 12.1 Å². The zero-order valence-corrected chi connectivity index (χ0v) is 11.2. The Morgan fingerprint density at radius 1 is 1.50 bits per heavy atom. The van der Waals surface area contributed by atoms with E-state index in [-0.39, 0.29) is 24.2 Å². The fraction of sp³-hybridized carbons (Fsp3) is 0.429.